The van der Waals surface area contributed by atoms with Gasteiger partial charge in [-0.05, 0) is 66.1 Å². The number of anilines is 3. The van der Waals surface area contributed by atoms with Gasteiger partial charge in [-0.2, -0.15) is 0 Å². The van der Waals surface area contributed by atoms with Gasteiger partial charge in [0.2, 0.25) is 0 Å². The summed E-state index contributed by atoms with van der Waals surface area (Å²) in [6, 6.07) is 29.6. The maximum absolute atomic E-state index is 13.8. The normalized spacial score (nSPS) is 13.6. The Bertz CT molecular complexity index is 1560. The Kier molecular flexibility index (Phi) is 10.6. The second kappa shape index (κ2) is 15.3. The number of ether oxygens (including phenoxy) is 4. The molecule has 0 fully saturated rings. The molecular formula is C35H36N4O7. The quantitative estimate of drug-likeness (QED) is 0.174. The molecule has 4 aromatic rings. The minimum Gasteiger partial charge on any atom is -0.493 e. The molecule has 4 aromatic carbocycles. The zero-order valence-electron chi connectivity index (χ0n) is 25.6. The van der Waals surface area contributed by atoms with Crippen molar-refractivity contribution in [3.63, 3.8) is 0 Å². The Labute approximate surface area is 267 Å². The van der Waals surface area contributed by atoms with Crippen LogP contribution in [0.25, 0.3) is 0 Å². The Morgan fingerprint density at radius 3 is 1.63 bits per heavy atom. The second-order valence-corrected chi connectivity index (χ2v) is 10.5. The van der Waals surface area contributed by atoms with Gasteiger partial charge in [-0.15, -0.1) is 0 Å². The predicted molar refractivity (Wildman–Crippen MR) is 174 cm³/mol. The van der Waals surface area contributed by atoms with Crippen LogP contribution in [-0.4, -0.2) is 57.1 Å². The van der Waals surface area contributed by atoms with Gasteiger partial charge in [-0.3, -0.25) is 10.6 Å². The van der Waals surface area contributed by atoms with Crippen molar-refractivity contribution < 1.29 is 33.3 Å². The first-order valence-corrected chi connectivity index (χ1v) is 14.8. The fraction of sp³-hybridized carbons (Fsp3) is 0.229. The summed E-state index contributed by atoms with van der Waals surface area (Å²) in [4.78, 5) is 41.3. The van der Waals surface area contributed by atoms with Crippen molar-refractivity contribution in [1.82, 2.24) is 4.90 Å². The summed E-state index contributed by atoms with van der Waals surface area (Å²) < 4.78 is 22.6. The van der Waals surface area contributed by atoms with Gasteiger partial charge >= 0.3 is 18.2 Å². The van der Waals surface area contributed by atoms with E-state index in [0.29, 0.717) is 41.5 Å². The van der Waals surface area contributed by atoms with Crippen molar-refractivity contribution in [2.75, 3.05) is 49.9 Å². The van der Waals surface area contributed by atoms with Gasteiger partial charge in [0, 0.05) is 23.6 Å². The molecule has 0 aliphatic carbocycles. The molecular weight excluding hydrogens is 588 g/mol. The molecule has 1 atom stereocenters. The lowest BCUT2D eigenvalue weighted by atomic mass is 9.84. The summed E-state index contributed by atoms with van der Waals surface area (Å²) >= 11 is 0. The third kappa shape index (κ3) is 8.06. The number of carbonyl (C=O) groups excluding carboxylic acids is 3. The highest BCUT2D eigenvalue weighted by molar-refractivity contribution is 5.90. The highest BCUT2D eigenvalue weighted by Crippen LogP contribution is 2.42. The Balaban J connectivity index is 1.46. The molecule has 0 radical (unpaired) electrons. The number of para-hydroxylation sites is 3. The van der Waals surface area contributed by atoms with E-state index >= 15 is 0 Å². The average Bonchev–Trinajstić information content (AvgIpc) is 3.08. The van der Waals surface area contributed by atoms with Crippen LogP contribution in [0.3, 0.4) is 0 Å². The zero-order chi connectivity index (χ0) is 32.3. The third-order valence-electron chi connectivity index (χ3n) is 7.55. The lowest BCUT2D eigenvalue weighted by Gasteiger charge is -2.41. The Morgan fingerprint density at radius 1 is 0.696 bits per heavy atom. The maximum Gasteiger partial charge on any atom is 0.411 e. The van der Waals surface area contributed by atoms with Gasteiger partial charge in [-0.1, -0.05) is 54.6 Å². The van der Waals surface area contributed by atoms with Crippen LogP contribution in [0, 0.1) is 5.92 Å². The van der Waals surface area contributed by atoms with Crippen molar-refractivity contribution in [1.29, 1.82) is 0 Å². The molecule has 0 aromatic heterocycles. The topological polar surface area (TPSA) is 127 Å². The second-order valence-electron chi connectivity index (χ2n) is 10.5. The summed E-state index contributed by atoms with van der Waals surface area (Å²) in [5.74, 6) is 0.346. The van der Waals surface area contributed by atoms with Crippen LogP contribution in [0.15, 0.2) is 103 Å². The van der Waals surface area contributed by atoms with Crippen LogP contribution >= 0.6 is 0 Å². The summed E-state index contributed by atoms with van der Waals surface area (Å²) in [6.45, 7) is -0.00948. The van der Waals surface area contributed by atoms with Crippen LogP contribution in [0.5, 0.6) is 11.5 Å². The maximum atomic E-state index is 13.8. The minimum absolute atomic E-state index is 0.176. The van der Waals surface area contributed by atoms with E-state index in [1.54, 1.807) is 72.7 Å². The fourth-order valence-electron chi connectivity index (χ4n) is 5.38. The van der Waals surface area contributed by atoms with Crippen molar-refractivity contribution in [3.05, 3.63) is 114 Å². The number of carbonyl (C=O) groups is 3. The molecule has 0 bridgehead atoms. The fourth-order valence-corrected chi connectivity index (χ4v) is 5.38. The molecule has 0 saturated carbocycles. The summed E-state index contributed by atoms with van der Waals surface area (Å²) in [5, 5.41) is 8.38. The van der Waals surface area contributed by atoms with Crippen molar-refractivity contribution in [2.45, 2.75) is 12.5 Å². The molecule has 1 aliphatic rings. The number of nitrogens with zero attached hydrogens (tertiary/aromatic N) is 1. The first-order valence-electron chi connectivity index (χ1n) is 14.8. The molecule has 4 amide bonds. The molecule has 3 N–H and O–H groups in total. The molecule has 0 spiro atoms. The summed E-state index contributed by atoms with van der Waals surface area (Å²) in [7, 11) is 3.10. The van der Waals surface area contributed by atoms with E-state index in [2.05, 4.69) is 16.0 Å². The first-order chi connectivity index (χ1) is 22.4. The van der Waals surface area contributed by atoms with Crippen molar-refractivity contribution >= 4 is 35.3 Å². The molecule has 1 unspecified atom stereocenters. The van der Waals surface area contributed by atoms with Gasteiger partial charge in [0.25, 0.3) is 0 Å². The van der Waals surface area contributed by atoms with Gasteiger partial charge in [0.05, 0.1) is 26.2 Å². The van der Waals surface area contributed by atoms with Crippen molar-refractivity contribution in [2.24, 2.45) is 5.92 Å². The summed E-state index contributed by atoms with van der Waals surface area (Å²) in [6.07, 6.45) is -0.839. The lowest BCUT2D eigenvalue weighted by Crippen LogP contribution is -2.47. The Hall–Kier alpha value is -5.71. The number of amides is 4. The average molecular weight is 625 g/mol. The largest absolute Gasteiger partial charge is 0.493 e. The highest BCUT2D eigenvalue weighted by atomic mass is 16.6. The van der Waals surface area contributed by atoms with Crippen LogP contribution in [-0.2, 0) is 15.9 Å². The van der Waals surface area contributed by atoms with Gasteiger partial charge in [0.15, 0.2) is 11.5 Å². The molecule has 1 heterocycles. The molecule has 46 heavy (non-hydrogen) atoms. The van der Waals surface area contributed by atoms with Crippen LogP contribution < -0.4 is 25.4 Å². The summed E-state index contributed by atoms with van der Waals surface area (Å²) in [5.41, 5.74) is 3.44. The van der Waals surface area contributed by atoms with Gasteiger partial charge < -0.3 is 29.2 Å². The standard InChI is InChI=1S/C35H36N4O7/c1-43-30-20-24-18-19-39(33(40)36-26-12-6-3-7-13-26)32(29(24)21-31(30)44-2)25(22-45-34(41)37-27-14-8-4-9-15-27)23-46-35(42)38-28-16-10-5-11-17-28/h3-17,20-21,25,32H,18-19,22-23H2,1-2H3,(H,36,40)(H,37,41)(H,38,42). The number of benzene rings is 4. The SMILES string of the molecule is COc1cc2c(cc1OC)C(C(COC(=O)Nc1ccccc1)COC(=O)Nc1ccccc1)N(C(=O)Nc1ccccc1)CC2. The molecule has 238 valence electrons. The lowest BCUT2D eigenvalue weighted by molar-refractivity contribution is 0.0517. The van der Waals surface area contributed by atoms with E-state index in [9.17, 15) is 14.4 Å². The van der Waals surface area contributed by atoms with Crippen LogP contribution in [0.4, 0.5) is 31.4 Å². The molecule has 11 nitrogen and oxygen atoms in total. The number of rotatable bonds is 10. The van der Waals surface area contributed by atoms with E-state index in [0.717, 1.165) is 11.1 Å². The van der Waals surface area contributed by atoms with Crippen LogP contribution in [0.2, 0.25) is 0 Å². The van der Waals surface area contributed by atoms with Gasteiger partial charge in [-0.25, -0.2) is 14.4 Å². The van der Waals surface area contributed by atoms with Gasteiger partial charge in [0.1, 0.15) is 13.2 Å². The predicted octanol–water partition coefficient (Wildman–Crippen LogP) is 6.95. The van der Waals surface area contributed by atoms with Crippen molar-refractivity contribution in [3.8, 4) is 11.5 Å². The number of urea groups is 1. The zero-order valence-corrected chi connectivity index (χ0v) is 25.6. The van der Waals surface area contributed by atoms with E-state index in [1.165, 1.54) is 7.11 Å². The van der Waals surface area contributed by atoms with E-state index in [1.807, 2.05) is 42.5 Å². The number of hydrogen-bond acceptors (Lipinski definition) is 7. The van der Waals surface area contributed by atoms with E-state index < -0.39 is 24.1 Å². The van der Waals surface area contributed by atoms with Crippen LogP contribution in [0.1, 0.15) is 17.2 Å². The third-order valence-corrected chi connectivity index (χ3v) is 7.55. The number of methoxy groups -OCH3 is 2. The minimum atomic E-state index is -0.687. The number of hydrogen-bond donors (Lipinski definition) is 3. The molecule has 11 heteroatoms. The first kappa shape index (κ1) is 31.7. The Morgan fingerprint density at radius 2 is 1.15 bits per heavy atom. The van der Waals surface area contributed by atoms with E-state index in [4.69, 9.17) is 18.9 Å². The molecule has 0 saturated heterocycles. The highest BCUT2D eigenvalue weighted by Gasteiger charge is 2.39. The number of fused-ring (bicyclic) bond motifs is 1. The molecule has 1 aliphatic heterocycles. The number of nitrogens with one attached hydrogen (secondary N) is 3. The van der Waals surface area contributed by atoms with E-state index in [-0.39, 0.29) is 19.2 Å². The monoisotopic (exact) mass is 624 g/mol. The molecule has 5 rings (SSSR count). The smallest absolute Gasteiger partial charge is 0.411 e.